The minimum atomic E-state index is -0.197. The number of carbonyl (C=O) groups excluding carboxylic acids is 1. The summed E-state index contributed by atoms with van der Waals surface area (Å²) in [5, 5.41) is 0. The number of aryl methyl sites for hydroxylation is 1. The molecule has 0 amide bonds. The van der Waals surface area contributed by atoms with Gasteiger partial charge in [-0.2, -0.15) is 0 Å². The quantitative estimate of drug-likeness (QED) is 0.677. The molecule has 2 rings (SSSR count). The van der Waals surface area contributed by atoms with Crippen molar-refractivity contribution >= 4 is 11.5 Å². The average Bonchev–Trinajstić information content (AvgIpc) is 2.48. The predicted octanol–water partition coefficient (Wildman–Crippen LogP) is 3.22. The van der Waals surface area contributed by atoms with Gasteiger partial charge in [0.1, 0.15) is 11.5 Å². The Labute approximate surface area is 124 Å². The third-order valence-electron chi connectivity index (χ3n) is 3.18. The summed E-state index contributed by atoms with van der Waals surface area (Å²) in [4.78, 5) is 12.9. The van der Waals surface area contributed by atoms with Gasteiger partial charge in [-0.25, -0.2) is 0 Å². The molecule has 0 atom stereocenters. The molecule has 0 aliphatic rings. The highest BCUT2D eigenvalue weighted by atomic mass is 16.5. The number of ketones is 1. The number of methoxy groups -OCH3 is 1. The normalized spacial score (nSPS) is 10.2. The molecule has 110 valence electrons. The average molecular weight is 285 g/mol. The van der Waals surface area contributed by atoms with Gasteiger partial charge in [0.05, 0.1) is 24.8 Å². The minimum Gasteiger partial charge on any atom is -0.496 e. The number of anilines is 1. The first-order valence-corrected chi connectivity index (χ1v) is 6.79. The third kappa shape index (κ3) is 2.99. The number of nitrogen functional groups attached to an aromatic ring is 1. The summed E-state index contributed by atoms with van der Waals surface area (Å²) in [5.74, 6) is 0.819. The Kier molecular flexibility index (Phi) is 4.48. The van der Waals surface area contributed by atoms with E-state index in [1.165, 1.54) is 7.11 Å². The van der Waals surface area contributed by atoms with Gasteiger partial charge >= 0.3 is 0 Å². The van der Waals surface area contributed by atoms with Crippen LogP contribution in [-0.2, 0) is 0 Å². The molecular weight excluding hydrogens is 266 g/mol. The summed E-state index contributed by atoms with van der Waals surface area (Å²) >= 11 is 0. The molecule has 2 N–H and O–H groups in total. The standard InChI is InChI=1S/C17H19NO3/c1-4-21-14-9-8-11(2)10-12(14)17(19)16-13(18)6-5-7-15(16)20-3/h5-10H,4,18H2,1-3H3. The second-order valence-electron chi connectivity index (χ2n) is 4.69. The lowest BCUT2D eigenvalue weighted by atomic mass is 9.98. The molecule has 4 nitrogen and oxygen atoms in total. The Hall–Kier alpha value is -2.49. The lowest BCUT2D eigenvalue weighted by Crippen LogP contribution is -2.10. The van der Waals surface area contributed by atoms with Crippen LogP contribution in [0.3, 0.4) is 0 Å². The van der Waals surface area contributed by atoms with Crippen LogP contribution in [0.5, 0.6) is 11.5 Å². The van der Waals surface area contributed by atoms with Crippen LogP contribution in [0.15, 0.2) is 36.4 Å². The van der Waals surface area contributed by atoms with Gasteiger partial charge in [-0.15, -0.1) is 0 Å². The molecule has 0 spiro atoms. The fraction of sp³-hybridized carbons (Fsp3) is 0.235. The molecule has 0 bridgehead atoms. The molecule has 0 aliphatic carbocycles. The number of hydrogen-bond acceptors (Lipinski definition) is 4. The molecule has 2 aromatic rings. The second-order valence-corrected chi connectivity index (χ2v) is 4.69. The summed E-state index contributed by atoms with van der Waals surface area (Å²) in [6, 6.07) is 10.7. The molecule has 0 saturated heterocycles. The van der Waals surface area contributed by atoms with E-state index in [0.29, 0.717) is 34.9 Å². The second kappa shape index (κ2) is 6.31. The van der Waals surface area contributed by atoms with Crippen LogP contribution < -0.4 is 15.2 Å². The molecule has 4 heteroatoms. The fourth-order valence-electron chi connectivity index (χ4n) is 2.20. The van der Waals surface area contributed by atoms with E-state index >= 15 is 0 Å². The number of carbonyl (C=O) groups is 1. The lowest BCUT2D eigenvalue weighted by Gasteiger charge is -2.14. The van der Waals surface area contributed by atoms with Gasteiger partial charge in [0.25, 0.3) is 0 Å². The van der Waals surface area contributed by atoms with Crippen molar-refractivity contribution in [3.63, 3.8) is 0 Å². The maximum Gasteiger partial charge on any atom is 0.202 e. The van der Waals surface area contributed by atoms with Gasteiger partial charge in [0.2, 0.25) is 5.78 Å². The van der Waals surface area contributed by atoms with E-state index in [2.05, 4.69) is 0 Å². The molecule has 0 radical (unpaired) electrons. The first-order valence-electron chi connectivity index (χ1n) is 6.79. The number of nitrogens with two attached hydrogens (primary N) is 1. The number of ether oxygens (including phenoxy) is 2. The molecule has 0 heterocycles. The van der Waals surface area contributed by atoms with Crippen molar-refractivity contribution in [3.8, 4) is 11.5 Å². The topological polar surface area (TPSA) is 61.5 Å². The Bertz CT molecular complexity index is 665. The molecule has 0 saturated carbocycles. The van der Waals surface area contributed by atoms with Crippen LogP contribution >= 0.6 is 0 Å². The summed E-state index contributed by atoms with van der Waals surface area (Å²) < 4.78 is 10.8. The van der Waals surface area contributed by atoms with Gasteiger partial charge in [-0.3, -0.25) is 4.79 Å². The zero-order chi connectivity index (χ0) is 15.4. The van der Waals surface area contributed by atoms with Crippen LogP contribution in [0.4, 0.5) is 5.69 Å². The lowest BCUT2D eigenvalue weighted by molar-refractivity contribution is 0.103. The molecule has 0 aliphatic heterocycles. The Morgan fingerprint density at radius 3 is 2.62 bits per heavy atom. The summed E-state index contributed by atoms with van der Waals surface area (Å²) in [6.07, 6.45) is 0. The van der Waals surface area contributed by atoms with E-state index in [1.54, 1.807) is 30.3 Å². The van der Waals surface area contributed by atoms with E-state index in [1.807, 2.05) is 19.9 Å². The smallest absolute Gasteiger partial charge is 0.202 e. The maximum absolute atomic E-state index is 12.9. The van der Waals surface area contributed by atoms with E-state index in [4.69, 9.17) is 15.2 Å². The van der Waals surface area contributed by atoms with Crippen LogP contribution in [0.25, 0.3) is 0 Å². The third-order valence-corrected chi connectivity index (χ3v) is 3.18. The van der Waals surface area contributed by atoms with Gasteiger partial charge in [0.15, 0.2) is 0 Å². The summed E-state index contributed by atoms with van der Waals surface area (Å²) in [6.45, 7) is 4.30. The highest BCUT2D eigenvalue weighted by Gasteiger charge is 2.21. The monoisotopic (exact) mass is 285 g/mol. The Morgan fingerprint density at radius 1 is 1.19 bits per heavy atom. The fourth-order valence-corrected chi connectivity index (χ4v) is 2.20. The molecule has 2 aromatic carbocycles. The summed E-state index contributed by atoms with van der Waals surface area (Å²) in [5.41, 5.74) is 8.19. The van der Waals surface area contributed by atoms with E-state index < -0.39 is 0 Å². The van der Waals surface area contributed by atoms with Crippen LogP contribution in [0, 0.1) is 6.92 Å². The number of benzene rings is 2. The van der Waals surface area contributed by atoms with E-state index in [-0.39, 0.29) is 5.78 Å². The highest BCUT2D eigenvalue weighted by Crippen LogP contribution is 2.30. The number of hydrogen-bond donors (Lipinski definition) is 1. The molecule has 0 fully saturated rings. The Balaban J connectivity index is 2.57. The van der Waals surface area contributed by atoms with Crippen molar-refractivity contribution in [1.29, 1.82) is 0 Å². The first-order chi connectivity index (χ1) is 10.1. The van der Waals surface area contributed by atoms with Crippen molar-refractivity contribution in [2.45, 2.75) is 13.8 Å². The SMILES string of the molecule is CCOc1ccc(C)cc1C(=O)c1c(N)cccc1OC. The highest BCUT2D eigenvalue weighted by molar-refractivity contribution is 6.15. The van der Waals surface area contributed by atoms with Crippen molar-refractivity contribution in [3.05, 3.63) is 53.1 Å². The van der Waals surface area contributed by atoms with Gasteiger partial charge in [-0.05, 0) is 38.1 Å². The van der Waals surface area contributed by atoms with Crippen LogP contribution in [-0.4, -0.2) is 19.5 Å². The maximum atomic E-state index is 12.9. The van der Waals surface area contributed by atoms with Gasteiger partial charge in [0, 0.05) is 5.69 Å². The molecular formula is C17H19NO3. The predicted molar refractivity (Wildman–Crippen MR) is 83.2 cm³/mol. The number of rotatable bonds is 5. The zero-order valence-electron chi connectivity index (χ0n) is 12.5. The Morgan fingerprint density at radius 2 is 1.95 bits per heavy atom. The van der Waals surface area contributed by atoms with Crippen LogP contribution in [0.1, 0.15) is 28.4 Å². The van der Waals surface area contributed by atoms with Gasteiger partial charge in [-0.1, -0.05) is 17.7 Å². The van der Waals surface area contributed by atoms with Crippen molar-refractivity contribution in [2.24, 2.45) is 0 Å². The summed E-state index contributed by atoms with van der Waals surface area (Å²) in [7, 11) is 1.52. The molecule has 0 aromatic heterocycles. The first kappa shape index (κ1) is 14.9. The molecule has 21 heavy (non-hydrogen) atoms. The largest absolute Gasteiger partial charge is 0.496 e. The molecule has 0 unspecified atom stereocenters. The van der Waals surface area contributed by atoms with Crippen molar-refractivity contribution in [1.82, 2.24) is 0 Å². The zero-order valence-corrected chi connectivity index (χ0v) is 12.5. The van der Waals surface area contributed by atoms with Crippen molar-refractivity contribution in [2.75, 3.05) is 19.5 Å². The minimum absolute atomic E-state index is 0.197. The van der Waals surface area contributed by atoms with Gasteiger partial charge < -0.3 is 15.2 Å². The van der Waals surface area contributed by atoms with Crippen molar-refractivity contribution < 1.29 is 14.3 Å². The van der Waals surface area contributed by atoms with E-state index in [9.17, 15) is 4.79 Å². The van der Waals surface area contributed by atoms with E-state index in [0.717, 1.165) is 5.56 Å². The van der Waals surface area contributed by atoms with Crippen LogP contribution in [0.2, 0.25) is 0 Å².